The maximum absolute atomic E-state index is 13.7. The van der Waals surface area contributed by atoms with Gasteiger partial charge in [0.25, 0.3) is 0 Å². The molecule has 0 fully saturated rings. The third kappa shape index (κ3) is 12.5. The first-order chi connectivity index (χ1) is 27.8. The summed E-state index contributed by atoms with van der Waals surface area (Å²) in [6.45, 7) is 17.2. The highest BCUT2D eigenvalue weighted by Gasteiger charge is 2.28. The predicted octanol–water partition coefficient (Wildman–Crippen LogP) is 13.2. The number of hydrogen-bond donors (Lipinski definition) is 0. The summed E-state index contributed by atoms with van der Waals surface area (Å²) in [5, 5.41) is 4.73. The first-order valence-corrected chi connectivity index (χ1v) is 22.0. The Morgan fingerprint density at radius 2 is 0.649 bits per heavy atom. The third-order valence-electron chi connectivity index (χ3n) is 9.90. The molecule has 0 heterocycles. The van der Waals surface area contributed by atoms with Gasteiger partial charge in [-0.1, -0.05) is 93.4 Å². The highest BCUT2D eigenvalue weighted by Crippen LogP contribution is 2.52. The van der Waals surface area contributed by atoms with Crippen molar-refractivity contribution in [2.75, 3.05) is 33.0 Å². The number of ether oxygens (including phenoxy) is 7. The van der Waals surface area contributed by atoms with Crippen LogP contribution in [0.2, 0.25) is 0 Å². The summed E-state index contributed by atoms with van der Waals surface area (Å²) in [7, 11) is 0. The molecule has 0 bridgehead atoms. The van der Waals surface area contributed by atoms with Crippen LogP contribution >= 0.6 is 0 Å². The number of esters is 2. The Morgan fingerprint density at radius 1 is 0.368 bits per heavy atom. The fraction of sp³-hybridized carbons (Fsp3) is 0.583. The van der Waals surface area contributed by atoms with Gasteiger partial charge in [0.2, 0.25) is 5.75 Å². The molecule has 0 aliphatic carbocycles. The molecule has 9 heteroatoms. The summed E-state index contributed by atoms with van der Waals surface area (Å²) < 4.78 is 44.8. The zero-order chi connectivity index (χ0) is 41.0. The second-order valence-electron chi connectivity index (χ2n) is 14.8. The molecule has 314 valence electrons. The van der Waals surface area contributed by atoms with Crippen LogP contribution in [0.4, 0.5) is 0 Å². The summed E-state index contributed by atoms with van der Waals surface area (Å²) in [4.78, 5) is 27.2. The molecule has 0 aliphatic heterocycles. The zero-order valence-corrected chi connectivity index (χ0v) is 35.9. The van der Waals surface area contributed by atoms with Crippen LogP contribution in [0, 0.1) is 0 Å². The number of carbonyl (C=O) groups excluding carboxylic acids is 2. The fourth-order valence-electron chi connectivity index (χ4n) is 6.45. The van der Waals surface area contributed by atoms with Crippen LogP contribution in [0.3, 0.4) is 0 Å². The van der Waals surface area contributed by atoms with Crippen LogP contribution in [0.5, 0.6) is 40.2 Å². The molecule has 0 spiro atoms. The molecule has 0 saturated heterocycles. The quantitative estimate of drug-likeness (QED) is 0.0241. The molecule has 4 aromatic rings. The molecule has 0 unspecified atom stereocenters. The van der Waals surface area contributed by atoms with Crippen LogP contribution in [0.15, 0.2) is 30.3 Å². The Balaban J connectivity index is 2.23. The van der Waals surface area contributed by atoms with Gasteiger partial charge in [0.1, 0.15) is 0 Å². The minimum Gasteiger partial charge on any atom is -0.490 e. The SMILES string of the molecule is CCCCOc1cc2c3cc(OCCCC)c(OCCCC)cc3c3c(OC(=O)CCCC)c(OC(=O)CCCC)c(OCCCC)cc3c2cc1OCCCC. The maximum atomic E-state index is 13.7. The van der Waals surface area contributed by atoms with Crippen molar-refractivity contribution in [1.82, 2.24) is 0 Å². The van der Waals surface area contributed by atoms with E-state index in [-0.39, 0.29) is 24.3 Å². The summed E-state index contributed by atoms with van der Waals surface area (Å²) in [5.41, 5.74) is 0. The van der Waals surface area contributed by atoms with E-state index in [1.54, 1.807) is 0 Å². The van der Waals surface area contributed by atoms with Gasteiger partial charge in [-0.15, -0.1) is 0 Å². The van der Waals surface area contributed by atoms with E-state index in [9.17, 15) is 9.59 Å². The molecule has 0 N–H and O–H groups in total. The van der Waals surface area contributed by atoms with Gasteiger partial charge in [-0.2, -0.15) is 0 Å². The number of hydrogen-bond acceptors (Lipinski definition) is 9. The summed E-state index contributed by atoms with van der Waals surface area (Å²) >= 11 is 0. The summed E-state index contributed by atoms with van der Waals surface area (Å²) in [5.74, 6) is 2.32. The molecule has 4 rings (SSSR count). The van der Waals surface area contributed by atoms with E-state index < -0.39 is 11.9 Å². The monoisotopic (exact) mass is 788 g/mol. The van der Waals surface area contributed by atoms with Crippen LogP contribution < -0.4 is 33.2 Å². The van der Waals surface area contributed by atoms with Crippen molar-refractivity contribution in [3.8, 4) is 40.2 Å². The van der Waals surface area contributed by atoms with E-state index in [0.29, 0.717) is 80.0 Å². The molecule has 0 amide bonds. The number of rotatable bonds is 28. The summed E-state index contributed by atoms with van der Waals surface area (Å²) in [6.07, 6.45) is 12.6. The van der Waals surface area contributed by atoms with Gasteiger partial charge in [-0.3, -0.25) is 9.59 Å². The van der Waals surface area contributed by atoms with E-state index in [0.717, 1.165) is 104 Å². The predicted molar refractivity (Wildman–Crippen MR) is 231 cm³/mol. The third-order valence-corrected chi connectivity index (χ3v) is 9.90. The number of carbonyl (C=O) groups is 2. The minimum absolute atomic E-state index is 0.112. The molecular formula is C48H68O9. The average molecular weight is 789 g/mol. The molecule has 0 atom stereocenters. The molecular weight excluding hydrogens is 721 g/mol. The van der Waals surface area contributed by atoms with Crippen molar-refractivity contribution in [3.63, 3.8) is 0 Å². The highest BCUT2D eigenvalue weighted by atomic mass is 16.6. The molecule has 57 heavy (non-hydrogen) atoms. The first kappa shape index (κ1) is 45.3. The maximum Gasteiger partial charge on any atom is 0.311 e. The number of unbranched alkanes of at least 4 members (excludes halogenated alkanes) is 7. The Hall–Kier alpha value is -4.40. The van der Waals surface area contributed by atoms with E-state index in [1.807, 2.05) is 38.1 Å². The van der Waals surface area contributed by atoms with Crippen molar-refractivity contribution < 1.29 is 42.7 Å². The Labute approximate surface area is 341 Å². The van der Waals surface area contributed by atoms with Gasteiger partial charge in [0.15, 0.2) is 34.5 Å². The molecule has 0 aliphatic rings. The molecule has 9 nitrogen and oxygen atoms in total. The molecule has 4 aromatic carbocycles. The van der Waals surface area contributed by atoms with E-state index in [1.165, 1.54) is 0 Å². The van der Waals surface area contributed by atoms with Gasteiger partial charge in [0.05, 0.1) is 33.0 Å². The summed E-state index contributed by atoms with van der Waals surface area (Å²) in [6, 6.07) is 10.0. The van der Waals surface area contributed by atoms with E-state index in [2.05, 4.69) is 40.7 Å². The van der Waals surface area contributed by atoms with Crippen molar-refractivity contribution >= 4 is 44.3 Å². The highest BCUT2D eigenvalue weighted by molar-refractivity contribution is 6.29. The van der Waals surface area contributed by atoms with Gasteiger partial charge in [0, 0.05) is 18.2 Å². The van der Waals surface area contributed by atoms with Crippen LogP contribution in [0.1, 0.15) is 151 Å². The largest absolute Gasteiger partial charge is 0.490 e. The van der Waals surface area contributed by atoms with Crippen LogP contribution in [0.25, 0.3) is 32.3 Å². The first-order valence-electron chi connectivity index (χ1n) is 22.0. The Bertz CT molecular complexity index is 1840. The number of benzene rings is 4. The Kier molecular flexibility index (Phi) is 19.4. The normalized spacial score (nSPS) is 11.3. The fourth-order valence-corrected chi connectivity index (χ4v) is 6.45. The molecule has 0 aromatic heterocycles. The van der Waals surface area contributed by atoms with Gasteiger partial charge in [-0.25, -0.2) is 0 Å². The van der Waals surface area contributed by atoms with E-state index in [4.69, 9.17) is 33.2 Å². The second-order valence-corrected chi connectivity index (χ2v) is 14.8. The molecule has 0 radical (unpaired) electrons. The van der Waals surface area contributed by atoms with Crippen molar-refractivity contribution in [1.29, 1.82) is 0 Å². The Morgan fingerprint density at radius 3 is 1.00 bits per heavy atom. The van der Waals surface area contributed by atoms with Gasteiger partial charge in [-0.05, 0) is 102 Å². The van der Waals surface area contributed by atoms with Crippen molar-refractivity contribution in [2.24, 2.45) is 0 Å². The average Bonchev–Trinajstić information content (AvgIpc) is 3.21. The minimum atomic E-state index is -0.414. The topological polar surface area (TPSA) is 98.8 Å². The zero-order valence-electron chi connectivity index (χ0n) is 35.9. The number of fused-ring (bicyclic) bond motifs is 6. The standard InChI is InChI=1S/C48H68O9/c1-8-15-22-44(49)56-47-43(55-28-21-14-7)33-38-36-31-40(52-25-18-11-4)39(51-24-17-10-3)29-34(36)35-30-41(53-26-19-12-5)42(54-27-20-13-6)32-37(35)46(38)48(47)57-45(50)23-16-9-2/h29-33H,8-28H2,1-7H3. The van der Waals surface area contributed by atoms with Gasteiger partial charge >= 0.3 is 11.9 Å². The lowest BCUT2D eigenvalue weighted by Crippen LogP contribution is -2.14. The van der Waals surface area contributed by atoms with Crippen LogP contribution in [-0.4, -0.2) is 45.0 Å². The van der Waals surface area contributed by atoms with Crippen LogP contribution in [-0.2, 0) is 9.59 Å². The lowest BCUT2D eigenvalue weighted by atomic mass is 9.92. The smallest absolute Gasteiger partial charge is 0.311 e. The lowest BCUT2D eigenvalue weighted by molar-refractivity contribution is -0.137. The van der Waals surface area contributed by atoms with Crippen molar-refractivity contribution in [2.45, 2.75) is 151 Å². The van der Waals surface area contributed by atoms with E-state index >= 15 is 0 Å². The molecule has 0 saturated carbocycles. The van der Waals surface area contributed by atoms with Gasteiger partial charge < -0.3 is 33.2 Å². The second kappa shape index (κ2) is 24.4. The van der Waals surface area contributed by atoms with Crippen molar-refractivity contribution in [3.05, 3.63) is 30.3 Å². The lowest BCUT2D eigenvalue weighted by Gasteiger charge is -2.22.